The molecule has 0 radical (unpaired) electrons. The molecule has 0 amide bonds. The van der Waals surface area contributed by atoms with Crippen molar-refractivity contribution in [3.63, 3.8) is 0 Å². The van der Waals surface area contributed by atoms with Crippen molar-refractivity contribution in [1.29, 1.82) is 0 Å². The Hall–Kier alpha value is -0.00623. The highest BCUT2D eigenvalue weighted by molar-refractivity contribution is 7.25. The summed E-state index contributed by atoms with van der Waals surface area (Å²) in [4.78, 5) is 0. The molecule has 0 nitrogen and oxygen atoms in total. The highest BCUT2D eigenvalue weighted by atomic mass is 29.2. The lowest BCUT2D eigenvalue weighted by molar-refractivity contribution is 1.86. The van der Waals surface area contributed by atoms with E-state index in [-0.39, 0.29) is 9.04 Å². The number of hydrogen-bond donors (Lipinski definition) is 0. The maximum Gasteiger partial charge on any atom is 0.0989 e. The summed E-state index contributed by atoms with van der Waals surface area (Å²) in [5.74, 6) is 2.97. The zero-order chi connectivity index (χ0) is 6.62. The van der Waals surface area contributed by atoms with Crippen LogP contribution in [0, 0.1) is 11.5 Å². The van der Waals surface area contributed by atoms with Gasteiger partial charge in [-0.2, -0.15) is 0 Å². The van der Waals surface area contributed by atoms with Crippen molar-refractivity contribution in [2.24, 2.45) is 0 Å². The van der Waals surface area contributed by atoms with Gasteiger partial charge >= 0.3 is 0 Å². The molecule has 0 rings (SSSR count). The molecule has 0 saturated carbocycles. The minimum absolute atomic E-state index is 0.0274. The largest absolute Gasteiger partial charge is 0.143 e. The molecule has 0 saturated heterocycles. The third-order valence-corrected chi connectivity index (χ3v) is 6.10. The normalized spacial score (nSPS) is 11.5. The van der Waals surface area contributed by atoms with Gasteiger partial charge in [-0.1, -0.05) is 19.6 Å². The Morgan fingerprint density at radius 2 is 1.75 bits per heavy atom. The van der Waals surface area contributed by atoms with Gasteiger partial charge in [-0.25, -0.2) is 0 Å². The maximum atomic E-state index is 3.24. The molecule has 0 aliphatic rings. The summed E-state index contributed by atoms with van der Waals surface area (Å²) in [6.45, 7) is 9.11. The molecule has 2 heteroatoms. The van der Waals surface area contributed by atoms with Gasteiger partial charge in [0.25, 0.3) is 0 Å². The summed E-state index contributed by atoms with van der Waals surface area (Å²) in [7, 11) is -0.686. The summed E-state index contributed by atoms with van der Waals surface area (Å²) >= 11 is 0. The third-order valence-electron chi connectivity index (χ3n) is 0.795. The van der Waals surface area contributed by atoms with E-state index < -0.39 is 7.59 Å². The molecule has 0 aromatic carbocycles. The van der Waals surface area contributed by atoms with Crippen LogP contribution in [-0.2, 0) is 0 Å². The second-order valence-electron chi connectivity index (χ2n) is 3.16. The molecule has 46 valence electrons. The van der Waals surface area contributed by atoms with Gasteiger partial charge in [0.05, 0.1) is 9.04 Å². The fourth-order valence-corrected chi connectivity index (χ4v) is 3.18. The molecule has 0 unspecified atom stereocenters. The fraction of sp³-hybridized carbons (Fsp3) is 0.667. The summed E-state index contributed by atoms with van der Waals surface area (Å²) in [5, 5.41) is 0. The van der Waals surface area contributed by atoms with Gasteiger partial charge in [0.2, 0.25) is 0 Å². The Bertz CT molecular complexity index is 111. The molecule has 0 spiro atoms. The van der Waals surface area contributed by atoms with E-state index >= 15 is 0 Å². The van der Waals surface area contributed by atoms with E-state index in [2.05, 4.69) is 31.1 Å². The average Bonchev–Trinajstić information content (AvgIpc) is 1.59. The molecule has 0 aromatic heterocycles. The molecule has 0 aliphatic carbocycles. The van der Waals surface area contributed by atoms with Crippen LogP contribution in [0.3, 0.4) is 0 Å². The van der Waals surface area contributed by atoms with Crippen molar-refractivity contribution in [1.82, 2.24) is 0 Å². The lowest BCUT2D eigenvalue weighted by Crippen LogP contribution is -2.28. The number of rotatable bonds is 1. The Balaban J connectivity index is 3.50. The van der Waals surface area contributed by atoms with Crippen LogP contribution in [0.1, 0.15) is 6.92 Å². The third kappa shape index (κ3) is 5.99. The first-order valence-corrected chi connectivity index (χ1v) is 9.49. The summed E-state index contributed by atoms with van der Waals surface area (Å²) in [5.41, 5.74) is 3.24. The van der Waals surface area contributed by atoms with E-state index in [4.69, 9.17) is 0 Å². The van der Waals surface area contributed by atoms with Gasteiger partial charge in [0.15, 0.2) is 0 Å². The van der Waals surface area contributed by atoms with Crippen molar-refractivity contribution in [2.45, 2.75) is 26.6 Å². The van der Waals surface area contributed by atoms with Crippen LogP contribution in [0.15, 0.2) is 0 Å². The van der Waals surface area contributed by atoms with E-state index in [0.29, 0.717) is 0 Å². The van der Waals surface area contributed by atoms with Crippen LogP contribution in [0.25, 0.3) is 0 Å². The molecule has 0 bridgehead atoms. The van der Waals surface area contributed by atoms with E-state index in [0.717, 1.165) is 0 Å². The Kier molecular flexibility index (Phi) is 3.10. The Morgan fingerprint density at radius 1 is 1.25 bits per heavy atom. The first-order valence-electron chi connectivity index (χ1n) is 2.96. The first kappa shape index (κ1) is 7.99. The van der Waals surface area contributed by atoms with Crippen molar-refractivity contribution in [3.8, 4) is 11.5 Å². The van der Waals surface area contributed by atoms with E-state index in [1.165, 1.54) is 0 Å². The molecule has 0 aromatic rings. The molecule has 0 aliphatic heterocycles. The predicted molar refractivity (Wildman–Crippen MR) is 45.3 cm³/mol. The van der Waals surface area contributed by atoms with E-state index in [9.17, 15) is 0 Å². The van der Waals surface area contributed by atoms with Crippen LogP contribution in [0.2, 0.25) is 19.6 Å². The van der Waals surface area contributed by atoms with Crippen molar-refractivity contribution < 1.29 is 0 Å². The van der Waals surface area contributed by atoms with E-state index in [1.54, 1.807) is 0 Å². The first-order chi connectivity index (χ1) is 3.56. The molecular formula is C6H14Si2. The van der Waals surface area contributed by atoms with Gasteiger partial charge < -0.3 is 0 Å². The van der Waals surface area contributed by atoms with Gasteiger partial charge in [-0.15, -0.1) is 11.5 Å². The zero-order valence-electron chi connectivity index (χ0n) is 6.21. The lowest BCUT2D eigenvalue weighted by Gasteiger charge is -2.08. The summed E-state index contributed by atoms with van der Waals surface area (Å²) in [6.07, 6.45) is 0. The number of hydrogen-bond acceptors (Lipinski definition) is 0. The smallest absolute Gasteiger partial charge is 0.0989 e. The molecular weight excluding hydrogens is 128 g/mol. The quantitative estimate of drug-likeness (QED) is 0.378. The van der Waals surface area contributed by atoms with Crippen molar-refractivity contribution in [3.05, 3.63) is 0 Å². The van der Waals surface area contributed by atoms with Crippen LogP contribution in [0.4, 0.5) is 0 Å². The van der Waals surface area contributed by atoms with Crippen LogP contribution < -0.4 is 0 Å². The van der Waals surface area contributed by atoms with Crippen molar-refractivity contribution >= 4 is 16.6 Å². The SMILES string of the molecule is CC#C[SiH2][Si](C)(C)C. The van der Waals surface area contributed by atoms with E-state index in [1.807, 2.05) is 6.92 Å². The zero-order valence-corrected chi connectivity index (χ0v) is 8.62. The molecule has 8 heavy (non-hydrogen) atoms. The second kappa shape index (κ2) is 3.11. The Labute approximate surface area is 55.3 Å². The molecule has 0 N–H and O–H groups in total. The molecule has 0 atom stereocenters. The van der Waals surface area contributed by atoms with Crippen molar-refractivity contribution in [2.75, 3.05) is 0 Å². The Morgan fingerprint density at radius 3 is 1.88 bits per heavy atom. The van der Waals surface area contributed by atoms with Gasteiger partial charge in [0, 0.05) is 7.59 Å². The topological polar surface area (TPSA) is 0 Å². The predicted octanol–water partition coefficient (Wildman–Crippen LogP) is 0.971. The van der Waals surface area contributed by atoms with Crippen LogP contribution >= 0.6 is 0 Å². The fourth-order valence-electron chi connectivity index (χ4n) is 0.354. The van der Waals surface area contributed by atoms with Gasteiger partial charge in [-0.05, 0) is 6.92 Å². The molecule has 0 fully saturated rings. The second-order valence-corrected chi connectivity index (χ2v) is 16.4. The lowest BCUT2D eigenvalue weighted by atomic mass is 10.8. The van der Waals surface area contributed by atoms with Gasteiger partial charge in [0.1, 0.15) is 0 Å². The van der Waals surface area contributed by atoms with Gasteiger partial charge in [-0.3, -0.25) is 0 Å². The minimum Gasteiger partial charge on any atom is -0.143 e. The highest BCUT2D eigenvalue weighted by Crippen LogP contribution is 1.94. The monoisotopic (exact) mass is 142 g/mol. The highest BCUT2D eigenvalue weighted by Gasteiger charge is 2.10. The summed E-state index contributed by atoms with van der Waals surface area (Å²) in [6, 6.07) is 0. The minimum atomic E-state index is -0.713. The van der Waals surface area contributed by atoms with Crippen LogP contribution in [0.5, 0.6) is 0 Å². The average molecular weight is 142 g/mol. The molecule has 0 heterocycles. The summed E-state index contributed by atoms with van der Waals surface area (Å²) < 4.78 is 0. The van der Waals surface area contributed by atoms with Crippen LogP contribution in [-0.4, -0.2) is 16.6 Å². The standard InChI is InChI=1S/C6H14Si2/c1-5-6-7-8(2,3)4/h7H2,1-4H3. The maximum absolute atomic E-state index is 3.24.